The lowest BCUT2D eigenvalue weighted by atomic mass is 10.1. The molecule has 0 heterocycles. The number of carbonyl (C=O) groups excluding carboxylic acids is 2. The van der Waals surface area contributed by atoms with E-state index in [2.05, 4.69) is 10.6 Å². The van der Waals surface area contributed by atoms with Crippen molar-refractivity contribution in [3.8, 4) is 0 Å². The molecule has 0 unspecified atom stereocenters. The number of benzene rings is 2. The van der Waals surface area contributed by atoms with Crippen LogP contribution in [0.25, 0.3) is 0 Å². The minimum absolute atomic E-state index is 0.294. The van der Waals surface area contributed by atoms with Crippen LogP contribution in [0.3, 0.4) is 0 Å². The summed E-state index contributed by atoms with van der Waals surface area (Å²) in [5.74, 6) is -0.830. The maximum Gasteiger partial charge on any atom is 0.253 e. The van der Waals surface area contributed by atoms with Gasteiger partial charge in [0, 0.05) is 6.54 Å². The SMILES string of the molecule is CCCNC(=O)c1ccccc1NC(=O)CN(c1ccc(CC)cc1)S(C)(=O)=O. The summed E-state index contributed by atoms with van der Waals surface area (Å²) >= 11 is 0. The van der Waals surface area contributed by atoms with Crippen LogP contribution in [0.1, 0.15) is 36.2 Å². The normalized spacial score (nSPS) is 11.0. The third kappa shape index (κ3) is 6.32. The number of carbonyl (C=O) groups is 2. The molecule has 0 aliphatic heterocycles. The second kappa shape index (κ2) is 10.1. The van der Waals surface area contributed by atoms with Crippen LogP contribution in [0.15, 0.2) is 48.5 Å². The zero-order chi connectivity index (χ0) is 21.4. The van der Waals surface area contributed by atoms with Crippen molar-refractivity contribution in [2.75, 3.05) is 29.0 Å². The molecule has 2 rings (SSSR count). The van der Waals surface area contributed by atoms with Gasteiger partial charge in [0.05, 0.1) is 23.2 Å². The van der Waals surface area contributed by atoms with Crippen LogP contribution in [0.5, 0.6) is 0 Å². The van der Waals surface area contributed by atoms with E-state index < -0.39 is 22.5 Å². The van der Waals surface area contributed by atoms with Gasteiger partial charge in [-0.1, -0.05) is 38.1 Å². The number of rotatable bonds is 9. The first-order valence-corrected chi connectivity index (χ1v) is 11.3. The van der Waals surface area contributed by atoms with Crippen molar-refractivity contribution < 1.29 is 18.0 Å². The Hall–Kier alpha value is -2.87. The van der Waals surface area contributed by atoms with E-state index in [1.807, 2.05) is 26.0 Å². The first kappa shape index (κ1) is 22.4. The van der Waals surface area contributed by atoms with Crippen molar-refractivity contribution in [3.63, 3.8) is 0 Å². The molecule has 29 heavy (non-hydrogen) atoms. The summed E-state index contributed by atoms with van der Waals surface area (Å²) in [6.45, 7) is 4.08. The van der Waals surface area contributed by atoms with Gasteiger partial charge in [0.25, 0.3) is 5.91 Å². The third-order valence-corrected chi connectivity index (χ3v) is 5.44. The van der Waals surface area contributed by atoms with E-state index in [0.29, 0.717) is 23.5 Å². The van der Waals surface area contributed by atoms with E-state index in [0.717, 1.165) is 29.0 Å². The molecule has 156 valence electrons. The molecular weight excluding hydrogens is 390 g/mol. The molecule has 2 aromatic rings. The first-order valence-electron chi connectivity index (χ1n) is 9.50. The van der Waals surface area contributed by atoms with Crippen molar-refractivity contribution in [1.82, 2.24) is 5.32 Å². The molecule has 0 aromatic heterocycles. The van der Waals surface area contributed by atoms with E-state index >= 15 is 0 Å². The van der Waals surface area contributed by atoms with Gasteiger partial charge in [-0.3, -0.25) is 13.9 Å². The minimum atomic E-state index is -3.67. The average molecular weight is 418 g/mol. The number of para-hydroxylation sites is 1. The van der Waals surface area contributed by atoms with E-state index in [9.17, 15) is 18.0 Å². The van der Waals surface area contributed by atoms with Gasteiger partial charge in [0.1, 0.15) is 6.54 Å². The van der Waals surface area contributed by atoms with Crippen LogP contribution in [0.4, 0.5) is 11.4 Å². The summed E-state index contributed by atoms with van der Waals surface area (Å²) in [7, 11) is -3.67. The lowest BCUT2D eigenvalue weighted by molar-refractivity contribution is -0.114. The summed E-state index contributed by atoms with van der Waals surface area (Å²) in [5.41, 5.74) is 2.14. The van der Waals surface area contributed by atoms with Crippen LogP contribution in [-0.2, 0) is 21.2 Å². The fraction of sp³-hybridized carbons (Fsp3) is 0.333. The lowest BCUT2D eigenvalue weighted by Crippen LogP contribution is -2.37. The largest absolute Gasteiger partial charge is 0.352 e. The quantitative estimate of drug-likeness (QED) is 0.656. The number of hydrogen-bond acceptors (Lipinski definition) is 4. The number of hydrogen-bond donors (Lipinski definition) is 2. The second-order valence-electron chi connectivity index (χ2n) is 6.64. The fourth-order valence-electron chi connectivity index (χ4n) is 2.74. The molecule has 2 N–H and O–H groups in total. The third-order valence-electron chi connectivity index (χ3n) is 4.30. The predicted molar refractivity (Wildman–Crippen MR) is 116 cm³/mol. The molecule has 0 atom stereocenters. The van der Waals surface area contributed by atoms with Crippen LogP contribution < -0.4 is 14.9 Å². The summed E-state index contributed by atoms with van der Waals surface area (Å²) in [6, 6.07) is 13.6. The second-order valence-corrected chi connectivity index (χ2v) is 8.55. The Balaban J connectivity index is 2.20. The summed E-state index contributed by atoms with van der Waals surface area (Å²) < 4.78 is 25.5. The minimum Gasteiger partial charge on any atom is -0.352 e. The topological polar surface area (TPSA) is 95.6 Å². The molecule has 8 heteroatoms. The number of nitrogens with zero attached hydrogens (tertiary/aromatic N) is 1. The van der Waals surface area contributed by atoms with Gasteiger partial charge in [-0.15, -0.1) is 0 Å². The molecular formula is C21H27N3O4S. The molecule has 0 radical (unpaired) electrons. The van der Waals surface area contributed by atoms with Crippen LogP contribution in [0, 0.1) is 0 Å². The average Bonchev–Trinajstić information content (AvgIpc) is 2.70. The maximum absolute atomic E-state index is 12.6. The maximum atomic E-state index is 12.6. The molecule has 0 aliphatic rings. The highest BCUT2D eigenvalue weighted by atomic mass is 32.2. The van der Waals surface area contributed by atoms with Gasteiger partial charge in [-0.05, 0) is 42.7 Å². The van der Waals surface area contributed by atoms with Crippen LogP contribution >= 0.6 is 0 Å². The summed E-state index contributed by atoms with van der Waals surface area (Å²) in [6.07, 6.45) is 2.68. The molecule has 0 fully saturated rings. The van der Waals surface area contributed by atoms with E-state index in [1.54, 1.807) is 36.4 Å². The van der Waals surface area contributed by atoms with E-state index in [4.69, 9.17) is 0 Å². The van der Waals surface area contributed by atoms with Gasteiger partial charge in [-0.2, -0.15) is 0 Å². The number of amides is 2. The van der Waals surface area contributed by atoms with Gasteiger partial charge >= 0.3 is 0 Å². The number of nitrogens with one attached hydrogen (secondary N) is 2. The predicted octanol–water partition coefficient (Wildman–Crippen LogP) is 2.79. The highest BCUT2D eigenvalue weighted by molar-refractivity contribution is 7.92. The zero-order valence-corrected chi connectivity index (χ0v) is 17.8. The monoisotopic (exact) mass is 417 g/mol. The zero-order valence-electron chi connectivity index (χ0n) is 16.9. The molecule has 0 bridgehead atoms. The Morgan fingerprint density at radius 1 is 1.00 bits per heavy atom. The Morgan fingerprint density at radius 2 is 1.66 bits per heavy atom. The van der Waals surface area contributed by atoms with Gasteiger partial charge in [0.2, 0.25) is 15.9 Å². The fourth-order valence-corrected chi connectivity index (χ4v) is 3.60. The molecule has 2 amide bonds. The van der Waals surface area contributed by atoms with E-state index in [1.165, 1.54) is 0 Å². The van der Waals surface area contributed by atoms with Crippen molar-refractivity contribution in [3.05, 3.63) is 59.7 Å². The lowest BCUT2D eigenvalue weighted by Gasteiger charge is -2.22. The summed E-state index contributed by atoms with van der Waals surface area (Å²) in [4.78, 5) is 24.9. The van der Waals surface area contributed by atoms with Crippen LogP contribution in [0.2, 0.25) is 0 Å². The molecule has 0 spiro atoms. The van der Waals surface area contributed by atoms with Gasteiger partial charge < -0.3 is 10.6 Å². The van der Waals surface area contributed by atoms with Gasteiger partial charge in [0.15, 0.2) is 0 Å². The molecule has 0 saturated carbocycles. The molecule has 7 nitrogen and oxygen atoms in total. The molecule has 2 aromatic carbocycles. The van der Waals surface area contributed by atoms with Crippen molar-refractivity contribution in [1.29, 1.82) is 0 Å². The highest BCUT2D eigenvalue weighted by Crippen LogP contribution is 2.20. The summed E-state index contributed by atoms with van der Waals surface area (Å²) in [5, 5.41) is 5.42. The number of anilines is 2. The Labute approximate surface area is 172 Å². The van der Waals surface area contributed by atoms with Crippen molar-refractivity contribution in [2.24, 2.45) is 0 Å². The smallest absolute Gasteiger partial charge is 0.253 e. The standard InChI is InChI=1S/C21H27N3O4S/c1-4-14-22-21(26)18-8-6-7-9-19(18)23-20(25)15-24(29(3,27)28)17-12-10-16(5-2)11-13-17/h6-13H,4-5,14-15H2,1-3H3,(H,22,26)(H,23,25). The Bertz CT molecular complexity index is 956. The van der Waals surface area contributed by atoms with Crippen molar-refractivity contribution >= 4 is 33.2 Å². The highest BCUT2D eigenvalue weighted by Gasteiger charge is 2.22. The number of sulfonamides is 1. The Kier molecular flexibility index (Phi) is 7.78. The van der Waals surface area contributed by atoms with E-state index in [-0.39, 0.29) is 5.91 Å². The van der Waals surface area contributed by atoms with Crippen LogP contribution in [-0.4, -0.2) is 39.6 Å². The first-order chi connectivity index (χ1) is 13.8. The van der Waals surface area contributed by atoms with Crippen molar-refractivity contribution in [2.45, 2.75) is 26.7 Å². The number of aryl methyl sites for hydroxylation is 1. The Morgan fingerprint density at radius 3 is 2.24 bits per heavy atom. The molecule has 0 saturated heterocycles. The van der Waals surface area contributed by atoms with Gasteiger partial charge in [-0.25, -0.2) is 8.42 Å². The molecule has 0 aliphatic carbocycles.